The van der Waals surface area contributed by atoms with Crippen molar-refractivity contribution in [3.05, 3.63) is 59.7 Å². The number of benzene rings is 1. The van der Waals surface area contributed by atoms with Crippen molar-refractivity contribution in [2.24, 2.45) is 0 Å². The first-order valence-corrected chi connectivity index (χ1v) is 5.70. The molecule has 2 aromatic rings. The Morgan fingerprint density at radius 3 is 2.84 bits per heavy atom. The van der Waals surface area contributed by atoms with Crippen LogP contribution in [0.15, 0.2) is 42.7 Å². The van der Waals surface area contributed by atoms with Gasteiger partial charge in [0.1, 0.15) is 11.6 Å². The van der Waals surface area contributed by atoms with Gasteiger partial charge in [0.2, 0.25) is 0 Å². The average Bonchev–Trinajstić information content (AvgIpc) is 2.38. The van der Waals surface area contributed by atoms with E-state index in [2.05, 4.69) is 4.98 Å². The van der Waals surface area contributed by atoms with Crippen molar-refractivity contribution < 1.29 is 14.3 Å². The second kappa shape index (κ2) is 5.48. The Balaban J connectivity index is 2.12. The number of pyridine rings is 1. The average molecular weight is 260 g/mol. The lowest BCUT2D eigenvalue weighted by atomic mass is 10.2. The normalized spacial score (nSPS) is 10.2. The number of carbonyl (C=O) groups excluding carboxylic acids is 1. The summed E-state index contributed by atoms with van der Waals surface area (Å²) in [5.41, 5.74) is 0.989. The molecule has 0 atom stereocenters. The van der Waals surface area contributed by atoms with Crippen molar-refractivity contribution >= 4 is 5.91 Å². The predicted octanol–water partition coefficient (Wildman–Crippen LogP) is 2.20. The zero-order valence-corrected chi connectivity index (χ0v) is 10.4. The maximum Gasteiger partial charge on any atom is 0.255 e. The second-order valence-corrected chi connectivity index (χ2v) is 4.22. The Morgan fingerprint density at radius 2 is 2.16 bits per heavy atom. The molecule has 0 aliphatic heterocycles. The zero-order valence-electron chi connectivity index (χ0n) is 10.4. The van der Waals surface area contributed by atoms with Crippen LogP contribution in [0.4, 0.5) is 4.39 Å². The summed E-state index contributed by atoms with van der Waals surface area (Å²) >= 11 is 0. The van der Waals surface area contributed by atoms with Gasteiger partial charge in [0.05, 0.1) is 11.8 Å². The molecule has 1 heterocycles. The number of halogens is 1. The van der Waals surface area contributed by atoms with Gasteiger partial charge >= 0.3 is 0 Å². The predicted molar refractivity (Wildman–Crippen MR) is 68.1 cm³/mol. The highest BCUT2D eigenvalue weighted by Gasteiger charge is 2.13. The first kappa shape index (κ1) is 13.0. The van der Waals surface area contributed by atoms with Crippen LogP contribution in [0.2, 0.25) is 0 Å². The Bertz CT molecular complexity index is 602. The number of aromatic nitrogens is 1. The highest BCUT2D eigenvalue weighted by Crippen LogP contribution is 2.12. The summed E-state index contributed by atoms with van der Waals surface area (Å²) in [5, 5.41) is 9.29. The van der Waals surface area contributed by atoms with E-state index in [0.717, 1.165) is 0 Å². The van der Waals surface area contributed by atoms with E-state index >= 15 is 0 Å². The van der Waals surface area contributed by atoms with Gasteiger partial charge in [-0.2, -0.15) is 0 Å². The number of amides is 1. The van der Waals surface area contributed by atoms with E-state index in [9.17, 15) is 14.3 Å². The molecule has 1 aromatic heterocycles. The third-order valence-electron chi connectivity index (χ3n) is 2.63. The minimum atomic E-state index is -0.336. The summed E-state index contributed by atoms with van der Waals surface area (Å²) < 4.78 is 13.0. The van der Waals surface area contributed by atoms with Crippen molar-refractivity contribution in [1.29, 1.82) is 0 Å². The summed E-state index contributed by atoms with van der Waals surface area (Å²) in [6.07, 6.45) is 2.63. The van der Waals surface area contributed by atoms with E-state index in [1.165, 1.54) is 35.5 Å². The molecule has 0 bridgehead atoms. The Labute approximate surface area is 110 Å². The lowest BCUT2D eigenvalue weighted by Crippen LogP contribution is -2.26. The molecule has 98 valence electrons. The number of carbonyl (C=O) groups is 1. The van der Waals surface area contributed by atoms with Crippen molar-refractivity contribution in [3.63, 3.8) is 0 Å². The van der Waals surface area contributed by atoms with Gasteiger partial charge in [-0.25, -0.2) is 4.39 Å². The molecule has 0 spiro atoms. The van der Waals surface area contributed by atoms with Crippen LogP contribution in [-0.4, -0.2) is 27.9 Å². The molecule has 1 N–H and O–H groups in total. The van der Waals surface area contributed by atoms with E-state index in [0.29, 0.717) is 11.1 Å². The molecule has 19 heavy (non-hydrogen) atoms. The fraction of sp³-hybridized carbons (Fsp3) is 0.143. The minimum absolute atomic E-state index is 0.0648. The molecule has 1 amide bonds. The topological polar surface area (TPSA) is 53.4 Å². The first-order valence-electron chi connectivity index (χ1n) is 5.70. The molecule has 0 unspecified atom stereocenters. The zero-order chi connectivity index (χ0) is 13.8. The molecule has 0 aliphatic carbocycles. The number of nitrogens with zero attached hydrogens (tertiary/aromatic N) is 2. The molecule has 0 aliphatic rings. The molecular weight excluding hydrogens is 247 g/mol. The lowest BCUT2D eigenvalue weighted by Gasteiger charge is -2.17. The third kappa shape index (κ3) is 3.28. The third-order valence-corrected chi connectivity index (χ3v) is 2.63. The SMILES string of the molecule is CN(Cc1cccc(F)c1)C(=O)c1cncc(O)c1. The van der Waals surface area contributed by atoms with Gasteiger partial charge in [-0.05, 0) is 23.8 Å². The lowest BCUT2D eigenvalue weighted by molar-refractivity contribution is 0.0784. The number of hydrogen-bond acceptors (Lipinski definition) is 3. The molecule has 0 fully saturated rings. The fourth-order valence-electron chi connectivity index (χ4n) is 1.75. The van der Waals surface area contributed by atoms with Gasteiger partial charge in [-0.15, -0.1) is 0 Å². The monoisotopic (exact) mass is 260 g/mol. The van der Waals surface area contributed by atoms with E-state index in [-0.39, 0.29) is 24.0 Å². The van der Waals surface area contributed by atoms with E-state index in [1.807, 2.05) is 0 Å². The van der Waals surface area contributed by atoms with E-state index in [1.54, 1.807) is 19.2 Å². The van der Waals surface area contributed by atoms with Crippen molar-refractivity contribution in [2.45, 2.75) is 6.54 Å². The van der Waals surface area contributed by atoms with Crippen LogP contribution < -0.4 is 0 Å². The van der Waals surface area contributed by atoms with Gasteiger partial charge < -0.3 is 10.0 Å². The molecule has 2 rings (SSSR count). The summed E-state index contributed by atoms with van der Waals surface area (Å²) in [6, 6.07) is 7.42. The Morgan fingerprint density at radius 1 is 1.37 bits per heavy atom. The van der Waals surface area contributed by atoms with E-state index in [4.69, 9.17) is 0 Å². The highest BCUT2D eigenvalue weighted by atomic mass is 19.1. The van der Waals surface area contributed by atoms with Crippen LogP contribution in [-0.2, 0) is 6.54 Å². The van der Waals surface area contributed by atoms with Gasteiger partial charge in [0.25, 0.3) is 5.91 Å². The van der Waals surface area contributed by atoms with Crippen molar-refractivity contribution in [3.8, 4) is 5.75 Å². The van der Waals surface area contributed by atoms with Crippen molar-refractivity contribution in [2.75, 3.05) is 7.05 Å². The number of rotatable bonds is 3. The quantitative estimate of drug-likeness (QED) is 0.920. The highest BCUT2D eigenvalue weighted by molar-refractivity contribution is 5.94. The van der Waals surface area contributed by atoms with Gasteiger partial charge in [0, 0.05) is 19.8 Å². The summed E-state index contributed by atoms with van der Waals surface area (Å²) in [6.45, 7) is 0.284. The number of hydrogen-bond donors (Lipinski definition) is 1. The fourth-order valence-corrected chi connectivity index (χ4v) is 1.75. The van der Waals surface area contributed by atoms with Gasteiger partial charge in [-0.1, -0.05) is 12.1 Å². The van der Waals surface area contributed by atoms with Crippen LogP contribution in [0.1, 0.15) is 15.9 Å². The molecule has 0 saturated carbocycles. The first-order chi connectivity index (χ1) is 9.06. The van der Waals surface area contributed by atoms with Crippen LogP contribution >= 0.6 is 0 Å². The molecule has 0 saturated heterocycles. The van der Waals surface area contributed by atoms with Crippen LogP contribution in [0.25, 0.3) is 0 Å². The molecule has 5 heteroatoms. The van der Waals surface area contributed by atoms with Gasteiger partial charge in [0.15, 0.2) is 0 Å². The Hall–Kier alpha value is -2.43. The van der Waals surface area contributed by atoms with Crippen molar-refractivity contribution in [1.82, 2.24) is 9.88 Å². The number of aromatic hydroxyl groups is 1. The summed E-state index contributed by atoms with van der Waals surface area (Å²) in [4.78, 5) is 17.3. The van der Waals surface area contributed by atoms with Crippen LogP contribution in [0.3, 0.4) is 0 Å². The molecular formula is C14H13FN2O2. The maximum absolute atomic E-state index is 13.0. The minimum Gasteiger partial charge on any atom is -0.506 e. The summed E-state index contributed by atoms with van der Waals surface area (Å²) in [7, 11) is 1.61. The largest absolute Gasteiger partial charge is 0.506 e. The maximum atomic E-state index is 13.0. The van der Waals surface area contributed by atoms with Crippen LogP contribution in [0, 0.1) is 5.82 Å². The second-order valence-electron chi connectivity index (χ2n) is 4.22. The standard InChI is InChI=1S/C14H13FN2O2/c1-17(9-10-3-2-4-12(15)5-10)14(19)11-6-13(18)8-16-7-11/h2-8,18H,9H2,1H3. The molecule has 0 radical (unpaired) electrons. The summed E-state index contributed by atoms with van der Waals surface area (Å²) in [5.74, 6) is -0.685. The Kier molecular flexibility index (Phi) is 3.75. The molecule has 1 aromatic carbocycles. The smallest absolute Gasteiger partial charge is 0.255 e. The van der Waals surface area contributed by atoms with Crippen LogP contribution in [0.5, 0.6) is 5.75 Å². The van der Waals surface area contributed by atoms with E-state index < -0.39 is 0 Å². The van der Waals surface area contributed by atoms with Gasteiger partial charge in [-0.3, -0.25) is 9.78 Å². The molecule has 4 nitrogen and oxygen atoms in total.